The van der Waals surface area contributed by atoms with Gasteiger partial charge in [-0.25, -0.2) is 0 Å². The summed E-state index contributed by atoms with van der Waals surface area (Å²) < 4.78 is 86.8. The summed E-state index contributed by atoms with van der Waals surface area (Å²) in [5.41, 5.74) is -1.16. The van der Waals surface area contributed by atoms with Crippen LogP contribution in [0.5, 0.6) is 5.75 Å². The van der Waals surface area contributed by atoms with Crippen LogP contribution in [0.2, 0.25) is 0 Å². The van der Waals surface area contributed by atoms with E-state index in [-0.39, 0.29) is 12.0 Å². The highest BCUT2D eigenvalue weighted by Crippen LogP contribution is 2.50. The van der Waals surface area contributed by atoms with Crippen molar-refractivity contribution in [1.29, 1.82) is 0 Å². The average Bonchev–Trinajstić information content (AvgIpc) is 3.66. The number of carbonyl (C=O) groups is 1. The summed E-state index contributed by atoms with van der Waals surface area (Å²) in [5.74, 6) is -0.405. The number of carboxylic acid groups (broad SMARTS) is 1. The van der Waals surface area contributed by atoms with Crippen molar-refractivity contribution in [2.24, 2.45) is 11.8 Å². The van der Waals surface area contributed by atoms with Gasteiger partial charge in [0.05, 0.1) is 17.0 Å². The summed E-state index contributed by atoms with van der Waals surface area (Å²) >= 11 is 0. The lowest BCUT2D eigenvalue weighted by molar-refractivity contribution is -0.142. The van der Waals surface area contributed by atoms with Crippen molar-refractivity contribution in [3.63, 3.8) is 0 Å². The van der Waals surface area contributed by atoms with Gasteiger partial charge in [0.25, 0.3) is 0 Å². The standard InChI is InChI=1S/C29H31F6NO3/c1-15(26(37)38)25(18-4-5-18)19-6-3-17-9-10-27(39-24(17)11-19)13-21(14-27)36-16(2)22-12-20(28(30,31)32)7-8-23(22)29(33,34)35/h3,6-8,11-12,15-16,18,21,25,36H,4-5,9-10,13-14H2,1-2H3,(H,37,38)/t15-,16+,21?,25?,27?/m0/s1. The van der Waals surface area contributed by atoms with E-state index in [1.807, 2.05) is 18.2 Å². The molecular formula is C29H31F6NO3. The van der Waals surface area contributed by atoms with Crippen molar-refractivity contribution in [1.82, 2.24) is 5.32 Å². The quantitative estimate of drug-likeness (QED) is 0.347. The van der Waals surface area contributed by atoms with Gasteiger partial charge in [-0.05, 0) is 85.4 Å². The van der Waals surface area contributed by atoms with Gasteiger partial charge in [0.1, 0.15) is 11.4 Å². The smallest absolute Gasteiger partial charge is 0.416 e. The van der Waals surface area contributed by atoms with E-state index in [4.69, 9.17) is 4.74 Å². The van der Waals surface area contributed by atoms with Gasteiger partial charge in [0, 0.05) is 24.9 Å². The largest absolute Gasteiger partial charge is 0.487 e. The monoisotopic (exact) mass is 555 g/mol. The molecule has 2 fully saturated rings. The summed E-state index contributed by atoms with van der Waals surface area (Å²) in [4.78, 5) is 11.7. The Balaban J connectivity index is 1.29. The minimum atomic E-state index is -4.78. The number of hydrogen-bond donors (Lipinski definition) is 2. The van der Waals surface area contributed by atoms with Crippen LogP contribution in [0, 0.1) is 11.8 Å². The summed E-state index contributed by atoms with van der Waals surface area (Å²) in [6, 6.07) is 6.30. The number of ether oxygens (including phenoxy) is 1. The van der Waals surface area contributed by atoms with Gasteiger partial charge in [0.15, 0.2) is 0 Å². The molecule has 39 heavy (non-hydrogen) atoms. The molecule has 1 unspecified atom stereocenters. The zero-order chi connectivity index (χ0) is 28.3. The molecule has 2 N–H and O–H groups in total. The second-order valence-electron chi connectivity index (χ2n) is 11.4. The fraction of sp³-hybridized carbons (Fsp3) is 0.552. The molecule has 10 heteroatoms. The van der Waals surface area contributed by atoms with E-state index in [1.54, 1.807) is 6.92 Å². The molecule has 0 bridgehead atoms. The van der Waals surface area contributed by atoms with Gasteiger partial charge < -0.3 is 15.2 Å². The molecule has 2 aromatic carbocycles. The summed E-state index contributed by atoms with van der Waals surface area (Å²) in [6.07, 6.45) is -5.02. The number of rotatable bonds is 7. The van der Waals surface area contributed by atoms with Crippen molar-refractivity contribution in [3.05, 3.63) is 64.2 Å². The van der Waals surface area contributed by atoms with Gasteiger partial charge in [-0.15, -0.1) is 0 Å². The van der Waals surface area contributed by atoms with Gasteiger partial charge in [0.2, 0.25) is 0 Å². The second-order valence-corrected chi connectivity index (χ2v) is 11.4. The molecule has 2 aliphatic carbocycles. The molecule has 1 aliphatic heterocycles. The maximum Gasteiger partial charge on any atom is 0.416 e. The summed E-state index contributed by atoms with van der Waals surface area (Å²) in [7, 11) is 0. The molecule has 2 aromatic rings. The Morgan fingerprint density at radius 1 is 1.03 bits per heavy atom. The van der Waals surface area contributed by atoms with Gasteiger partial charge in [-0.1, -0.05) is 19.1 Å². The molecule has 0 aromatic heterocycles. The van der Waals surface area contributed by atoms with Crippen LogP contribution < -0.4 is 10.1 Å². The predicted molar refractivity (Wildman–Crippen MR) is 131 cm³/mol. The lowest BCUT2D eigenvalue weighted by Crippen LogP contribution is -2.58. The third-order valence-corrected chi connectivity index (χ3v) is 8.58. The number of nitrogens with one attached hydrogen (secondary N) is 1. The number of halogens is 6. The summed E-state index contributed by atoms with van der Waals surface area (Å²) in [5, 5.41) is 12.7. The Morgan fingerprint density at radius 3 is 2.31 bits per heavy atom. The van der Waals surface area contributed by atoms with Crippen LogP contribution in [0.1, 0.15) is 85.7 Å². The first kappa shape index (κ1) is 27.8. The molecule has 1 heterocycles. The zero-order valence-corrected chi connectivity index (χ0v) is 21.6. The predicted octanol–water partition coefficient (Wildman–Crippen LogP) is 7.52. The molecule has 4 nitrogen and oxygen atoms in total. The third-order valence-electron chi connectivity index (χ3n) is 8.58. The van der Waals surface area contributed by atoms with Gasteiger partial charge in [-0.3, -0.25) is 4.79 Å². The first-order chi connectivity index (χ1) is 18.2. The molecule has 0 saturated heterocycles. The Bertz CT molecular complexity index is 1250. The van der Waals surface area contributed by atoms with E-state index in [2.05, 4.69) is 5.32 Å². The van der Waals surface area contributed by atoms with E-state index in [9.17, 15) is 36.2 Å². The highest BCUT2D eigenvalue weighted by atomic mass is 19.4. The van der Waals surface area contributed by atoms with E-state index < -0.39 is 52.6 Å². The van der Waals surface area contributed by atoms with Crippen molar-refractivity contribution < 1.29 is 41.0 Å². The van der Waals surface area contributed by atoms with Crippen LogP contribution in [-0.4, -0.2) is 22.7 Å². The number of aryl methyl sites for hydroxylation is 1. The molecule has 2 saturated carbocycles. The van der Waals surface area contributed by atoms with Crippen LogP contribution >= 0.6 is 0 Å². The maximum atomic E-state index is 13.6. The zero-order valence-electron chi connectivity index (χ0n) is 21.6. The second kappa shape index (κ2) is 9.71. The average molecular weight is 556 g/mol. The van der Waals surface area contributed by atoms with Crippen LogP contribution in [0.15, 0.2) is 36.4 Å². The SMILES string of the molecule is C[C@H](C(=O)O)C(c1ccc2c(c1)OC1(CC2)CC(N[C@H](C)c2cc(C(F)(F)F)ccc2C(F)(F)F)C1)C1CC1. The molecule has 5 rings (SSSR count). The number of alkyl halides is 6. The Kier molecular flexibility index (Phi) is 6.92. The fourth-order valence-corrected chi connectivity index (χ4v) is 6.35. The normalized spacial score (nSPS) is 25.3. The molecular weight excluding hydrogens is 524 g/mol. The Morgan fingerprint density at radius 2 is 1.72 bits per heavy atom. The van der Waals surface area contributed by atoms with Crippen LogP contribution in [0.3, 0.4) is 0 Å². The van der Waals surface area contributed by atoms with Gasteiger partial charge >= 0.3 is 18.3 Å². The van der Waals surface area contributed by atoms with Crippen LogP contribution in [0.4, 0.5) is 26.3 Å². The van der Waals surface area contributed by atoms with Gasteiger partial charge in [-0.2, -0.15) is 26.3 Å². The lowest BCUT2D eigenvalue weighted by atomic mass is 9.70. The number of carboxylic acids is 1. The highest BCUT2D eigenvalue weighted by Gasteiger charge is 2.49. The van der Waals surface area contributed by atoms with Crippen LogP contribution in [0.25, 0.3) is 0 Å². The fourth-order valence-electron chi connectivity index (χ4n) is 6.35. The number of hydrogen-bond acceptors (Lipinski definition) is 3. The molecule has 0 amide bonds. The van der Waals surface area contributed by atoms with E-state index >= 15 is 0 Å². The highest BCUT2D eigenvalue weighted by molar-refractivity contribution is 5.71. The first-order valence-corrected chi connectivity index (χ1v) is 13.3. The molecule has 3 aliphatic rings. The van der Waals surface area contributed by atoms with Crippen LogP contribution in [-0.2, 0) is 23.6 Å². The minimum absolute atomic E-state index is 0.0961. The molecule has 0 radical (unpaired) electrons. The van der Waals surface area contributed by atoms with Crippen molar-refractivity contribution in [3.8, 4) is 5.75 Å². The molecule has 3 atom stereocenters. The Hall–Kier alpha value is -2.75. The van der Waals surface area contributed by atoms with Crippen molar-refractivity contribution in [2.75, 3.05) is 0 Å². The third kappa shape index (κ3) is 5.62. The van der Waals surface area contributed by atoms with E-state index in [1.165, 1.54) is 6.92 Å². The number of aliphatic carboxylic acids is 1. The van der Waals surface area contributed by atoms with E-state index in [0.29, 0.717) is 42.7 Å². The molecule has 212 valence electrons. The van der Waals surface area contributed by atoms with E-state index in [0.717, 1.165) is 36.8 Å². The van der Waals surface area contributed by atoms with Crippen molar-refractivity contribution in [2.45, 2.75) is 88.3 Å². The Labute approximate surface area is 222 Å². The lowest BCUT2D eigenvalue weighted by Gasteiger charge is -2.51. The molecule has 1 spiro atoms. The minimum Gasteiger partial charge on any atom is -0.487 e. The first-order valence-electron chi connectivity index (χ1n) is 13.3. The number of benzene rings is 2. The summed E-state index contributed by atoms with van der Waals surface area (Å²) in [6.45, 7) is 3.17. The van der Waals surface area contributed by atoms with Crippen molar-refractivity contribution >= 4 is 5.97 Å². The topological polar surface area (TPSA) is 58.6 Å². The maximum absolute atomic E-state index is 13.6. The number of fused-ring (bicyclic) bond motifs is 1.